The van der Waals surface area contributed by atoms with Crippen molar-refractivity contribution < 1.29 is 19.0 Å². The van der Waals surface area contributed by atoms with Crippen LogP contribution in [0.2, 0.25) is 5.28 Å². The summed E-state index contributed by atoms with van der Waals surface area (Å²) in [4.78, 5) is 19.3. The first kappa shape index (κ1) is 21.2. The second-order valence-electron chi connectivity index (χ2n) is 5.45. The van der Waals surface area contributed by atoms with Crippen LogP contribution in [0, 0.1) is 5.82 Å². The molecule has 11 heteroatoms. The molecule has 0 fully saturated rings. The van der Waals surface area contributed by atoms with Crippen molar-refractivity contribution in [2.45, 2.75) is 0 Å². The maximum atomic E-state index is 13.6. The third-order valence-electron chi connectivity index (χ3n) is 3.44. The summed E-state index contributed by atoms with van der Waals surface area (Å²) in [5.41, 5.74) is 3.34. The smallest absolute Gasteiger partial charge is 0.271 e. The molecule has 0 aliphatic heterocycles. The van der Waals surface area contributed by atoms with E-state index in [-0.39, 0.29) is 16.9 Å². The molecule has 3 rings (SSSR count). The molecule has 3 aromatic rings. The van der Waals surface area contributed by atoms with Crippen LogP contribution in [0.3, 0.4) is 0 Å². The summed E-state index contributed by atoms with van der Waals surface area (Å²) in [6.45, 7) is 0. The van der Waals surface area contributed by atoms with Gasteiger partial charge in [0.2, 0.25) is 11.1 Å². The number of benzene rings is 2. The van der Waals surface area contributed by atoms with E-state index in [9.17, 15) is 14.3 Å². The average Bonchev–Trinajstić information content (AvgIpc) is 2.69. The predicted octanol–water partition coefficient (Wildman–Crippen LogP) is 5.06. The zero-order chi connectivity index (χ0) is 21.0. The SMILES string of the molecule is O=C(N/N=C/c1ccc(Oc2nc(Cl)ncc2F)cc1)c1cc(Br)c(O)c(Br)c1. The Hall–Kier alpha value is -2.56. The normalized spacial score (nSPS) is 10.9. The molecule has 2 N–H and O–H groups in total. The fraction of sp³-hybridized carbons (Fsp3) is 0. The number of aromatic hydroxyl groups is 1. The Bertz CT molecular complexity index is 1070. The van der Waals surface area contributed by atoms with Gasteiger partial charge in [0.1, 0.15) is 11.5 Å². The number of hydrazone groups is 1. The topological polar surface area (TPSA) is 96.7 Å². The third kappa shape index (κ3) is 5.49. The van der Waals surface area contributed by atoms with Gasteiger partial charge in [0.05, 0.1) is 21.4 Å². The molecule has 29 heavy (non-hydrogen) atoms. The monoisotopic (exact) mass is 542 g/mol. The van der Waals surface area contributed by atoms with Crippen LogP contribution >= 0.6 is 43.5 Å². The largest absolute Gasteiger partial charge is 0.506 e. The number of phenolic OH excluding ortho intramolecular Hbond substituents is 1. The Labute approximate surface area is 185 Å². The second kappa shape index (κ2) is 9.29. The third-order valence-corrected chi connectivity index (χ3v) is 4.83. The minimum Gasteiger partial charge on any atom is -0.506 e. The van der Waals surface area contributed by atoms with Crippen molar-refractivity contribution in [1.82, 2.24) is 15.4 Å². The molecule has 1 heterocycles. The number of nitrogens with one attached hydrogen (secondary N) is 1. The van der Waals surface area contributed by atoms with Crippen LogP contribution in [-0.2, 0) is 0 Å². The van der Waals surface area contributed by atoms with E-state index in [2.05, 4.69) is 52.4 Å². The van der Waals surface area contributed by atoms with Gasteiger partial charge >= 0.3 is 0 Å². The van der Waals surface area contributed by atoms with Crippen molar-refractivity contribution >= 4 is 55.6 Å². The van der Waals surface area contributed by atoms with E-state index in [1.807, 2.05) is 0 Å². The van der Waals surface area contributed by atoms with Crippen LogP contribution < -0.4 is 10.2 Å². The summed E-state index contributed by atoms with van der Waals surface area (Å²) < 4.78 is 19.7. The number of rotatable bonds is 5. The number of hydrogen-bond donors (Lipinski definition) is 2. The molecule has 0 aliphatic carbocycles. The number of ether oxygens (including phenoxy) is 1. The lowest BCUT2D eigenvalue weighted by molar-refractivity contribution is 0.0955. The highest BCUT2D eigenvalue weighted by atomic mass is 79.9. The highest BCUT2D eigenvalue weighted by Gasteiger charge is 2.11. The summed E-state index contributed by atoms with van der Waals surface area (Å²) in [6, 6.07) is 9.39. The van der Waals surface area contributed by atoms with Crippen molar-refractivity contribution in [3.05, 3.63) is 73.8 Å². The quantitative estimate of drug-likeness (QED) is 0.266. The van der Waals surface area contributed by atoms with E-state index in [1.165, 1.54) is 18.3 Å². The van der Waals surface area contributed by atoms with E-state index < -0.39 is 11.7 Å². The highest BCUT2D eigenvalue weighted by Crippen LogP contribution is 2.33. The van der Waals surface area contributed by atoms with E-state index in [0.29, 0.717) is 25.8 Å². The van der Waals surface area contributed by atoms with Crippen molar-refractivity contribution in [3.63, 3.8) is 0 Å². The predicted molar refractivity (Wildman–Crippen MR) is 112 cm³/mol. The van der Waals surface area contributed by atoms with Gasteiger partial charge in [-0.15, -0.1) is 0 Å². The van der Waals surface area contributed by atoms with Gasteiger partial charge in [0, 0.05) is 5.56 Å². The zero-order valence-electron chi connectivity index (χ0n) is 14.2. The molecule has 0 unspecified atom stereocenters. The second-order valence-corrected chi connectivity index (χ2v) is 7.50. The number of carbonyl (C=O) groups excluding carboxylic acids is 1. The molecule has 0 atom stereocenters. The van der Waals surface area contributed by atoms with Crippen molar-refractivity contribution in [2.24, 2.45) is 5.10 Å². The molecule has 7 nitrogen and oxygen atoms in total. The summed E-state index contributed by atoms with van der Waals surface area (Å²) in [7, 11) is 0. The number of aromatic nitrogens is 2. The van der Waals surface area contributed by atoms with Gasteiger partial charge in [-0.05, 0) is 85.4 Å². The Morgan fingerprint density at radius 1 is 1.24 bits per heavy atom. The molecule has 0 aliphatic rings. The minimum atomic E-state index is -0.741. The number of nitrogens with zero attached hydrogens (tertiary/aromatic N) is 3. The van der Waals surface area contributed by atoms with Crippen LogP contribution in [0.4, 0.5) is 4.39 Å². The van der Waals surface area contributed by atoms with E-state index in [1.54, 1.807) is 24.3 Å². The molecule has 148 valence electrons. The van der Waals surface area contributed by atoms with Gasteiger partial charge in [-0.3, -0.25) is 4.79 Å². The lowest BCUT2D eigenvalue weighted by Gasteiger charge is -2.06. The van der Waals surface area contributed by atoms with Crippen molar-refractivity contribution in [1.29, 1.82) is 0 Å². The lowest BCUT2D eigenvalue weighted by atomic mass is 10.2. The highest BCUT2D eigenvalue weighted by molar-refractivity contribution is 9.11. The number of phenols is 1. The van der Waals surface area contributed by atoms with E-state index in [0.717, 1.165) is 6.20 Å². The molecular formula is C18H10Br2ClFN4O3. The summed E-state index contributed by atoms with van der Waals surface area (Å²) in [6.07, 6.45) is 2.34. The standard InChI is InChI=1S/C18H10Br2ClFN4O3/c19-12-5-10(6-13(20)15(12)27)16(28)26-24-7-9-1-3-11(4-2-9)29-17-14(22)8-23-18(21)25-17/h1-8,27H,(H,26,28)/b24-7+. The number of amides is 1. The Morgan fingerprint density at radius 2 is 1.90 bits per heavy atom. The van der Waals surface area contributed by atoms with Gasteiger partial charge < -0.3 is 9.84 Å². The molecule has 1 amide bonds. The van der Waals surface area contributed by atoms with Gasteiger partial charge in [-0.2, -0.15) is 14.5 Å². The number of hydrogen-bond acceptors (Lipinski definition) is 6. The van der Waals surface area contributed by atoms with Crippen LogP contribution in [-0.4, -0.2) is 27.2 Å². The lowest BCUT2D eigenvalue weighted by Crippen LogP contribution is -2.17. The maximum absolute atomic E-state index is 13.6. The zero-order valence-corrected chi connectivity index (χ0v) is 18.2. The molecule has 0 saturated heterocycles. The van der Waals surface area contributed by atoms with Crippen LogP contribution in [0.5, 0.6) is 17.4 Å². The molecule has 2 aromatic carbocycles. The Kier molecular flexibility index (Phi) is 6.78. The molecule has 0 bridgehead atoms. The number of halogens is 4. The van der Waals surface area contributed by atoms with Gasteiger partial charge in [0.25, 0.3) is 11.8 Å². The first-order valence-electron chi connectivity index (χ1n) is 7.81. The average molecular weight is 545 g/mol. The van der Waals surface area contributed by atoms with Gasteiger partial charge in [-0.25, -0.2) is 10.4 Å². The fourth-order valence-corrected chi connectivity index (χ4v) is 3.37. The molecule has 0 radical (unpaired) electrons. The maximum Gasteiger partial charge on any atom is 0.271 e. The summed E-state index contributed by atoms with van der Waals surface area (Å²) in [5, 5.41) is 13.4. The van der Waals surface area contributed by atoms with Crippen LogP contribution in [0.1, 0.15) is 15.9 Å². The Morgan fingerprint density at radius 3 is 2.55 bits per heavy atom. The summed E-state index contributed by atoms with van der Waals surface area (Å²) in [5.74, 6) is -1.16. The first-order valence-corrected chi connectivity index (χ1v) is 9.77. The minimum absolute atomic E-state index is 0.00326. The van der Waals surface area contributed by atoms with Gasteiger partial charge in [-0.1, -0.05) is 0 Å². The van der Waals surface area contributed by atoms with Gasteiger partial charge in [0.15, 0.2) is 0 Å². The van der Waals surface area contributed by atoms with Crippen molar-refractivity contribution in [2.75, 3.05) is 0 Å². The summed E-state index contributed by atoms with van der Waals surface area (Å²) >= 11 is 11.9. The molecule has 0 saturated carbocycles. The van der Waals surface area contributed by atoms with Crippen LogP contribution in [0.15, 0.2) is 56.6 Å². The van der Waals surface area contributed by atoms with Crippen LogP contribution in [0.25, 0.3) is 0 Å². The fourth-order valence-electron chi connectivity index (χ4n) is 2.06. The van der Waals surface area contributed by atoms with E-state index >= 15 is 0 Å². The number of carbonyl (C=O) groups is 1. The Balaban J connectivity index is 1.63. The van der Waals surface area contributed by atoms with E-state index in [4.69, 9.17) is 16.3 Å². The molecule has 0 spiro atoms. The van der Waals surface area contributed by atoms with Crippen molar-refractivity contribution in [3.8, 4) is 17.4 Å². The molecular weight excluding hydrogens is 534 g/mol. The molecule has 1 aromatic heterocycles. The first-order chi connectivity index (χ1) is 13.8.